The number of nitrogens with zero attached hydrogens (tertiary/aromatic N) is 1. The molecule has 0 saturated heterocycles. The first-order valence-corrected chi connectivity index (χ1v) is 5.63. The van der Waals surface area contributed by atoms with E-state index in [1.165, 1.54) is 0 Å². The number of anilines is 1. The van der Waals surface area contributed by atoms with Crippen LogP contribution in [-0.4, -0.2) is 17.4 Å². The number of aromatic nitrogens is 1. The number of carbonyl (C=O) groups is 1. The third kappa shape index (κ3) is 4.16. The van der Waals surface area contributed by atoms with Crippen LogP contribution in [0.25, 0.3) is 0 Å². The zero-order chi connectivity index (χ0) is 12.0. The Bertz CT molecular complexity index is 357. The molecule has 16 heavy (non-hydrogen) atoms. The van der Waals surface area contributed by atoms with Crippen molar-refractivity contribution < 1.29 is 4.79 Å². The summed E-state index contributed by atoms with van der Waals surface area (Å²) in [6.07, 6.45) is 3.20. The van der Waals surface area contributed by atoms with Gasteiger partial charge in [-0.3, -0.25) is 4.79 Å². The van der Waals surface area contributed by atoms with Gasteiger partial charge in [0.2, 0.25) is 5.91 Å². The van der Waals surface area contributed by atoms with Crippen molar-refractivity contribution in [2.75, 3.05) is 11.9 Å². The first-order chi connectivity index (χ1) is 7.63. The summed E-state index contributed by atoms with van der Waals surface area (Å²) < 4.78 is 0. The van der Waals surface area contributed by atoms with Crippen molar-refractivity contribution in [2.24, 2.45) is 11.7 Å². The number of amides is 1. The first-order valence-electron chi connectivity index (χ1n) is 5.26. The molecule has 4 nitrogen and oxygen atoms in total. The molecule has 88 valence electrons. The summed E-state index contributed by atoms with van der Waals surface area (Å²) in [6, 6.07) is 3.33. The number of nitrogens with two attached hydrogens (primary N) is 1. The molecule has 1 unspecified atom stereocenters. The fraction of sp³-hybridized carbons (Fsp3) is 0.455. The molecule has 0 fully saturated rings. The Morgan fingerprint density at radius 1 is 1.69 bits per heavy atom. The van der Waals surface area contributed by atoms with Gasteiger partial charge in [0.15, 0.2) is 0 Å². The van der Waals surface area contributed by atoms with Crippen LogP contribution in [0.15, 0.2) is 18.3 Å². The fourth-order valence-corrected chi connectivity index (χ4v) is 1.47. The van der Waals surface area contributed by atoms with Crippen molar-refractivity contribution in [1.29, 1.82) is 0 Å². The molecule has 3 N–H and O–H groups in total. The minimum Gasteiger partial charge on any atom is -0.330 e. The molecule has 1 heterocycles. The molecule has 1 rings (SSSR count). The van der Waals surface area contributed by atoms with Gasteiger partial charge in [-0.05, 0) is 31.5 Å². The second-order valence-corrected chi connectivity index (χ2v) is 4.08. The number of pyridine rings is 1. The molecule has 5 heteroatoms. The number of hydrogen-bond donors (Lipinski definition) is 2. The predicted molar refractivity (Wildman–Crippen MR) is 65.3 cm³/mol. The highest BCUT2D eigenvalue weighted by Gasteiger charge is 2.12. The Balaban J connectivity index is 2.50. The molecule has 0 bridgehead atoms. The van der Waals surface area contributed by atoms with Crippen molar-refractivity contribution in [3.63, 3.8) is 0 Å². The summed E-state index contributed by atoms with van der Waals surface area (Å²) in [5.74, 6) is -0.0637. The van der Waals surface area contributed by atoms with E-state index in [1.807, 2.05) is 6.92 Å². The topological polar surface area (TPSA) is 68.0 Å². The lowest BCUT2D eigenvalue weighted by atomic mass is 10.0. The zero-order valence-electron chi connectivity index (χ0n) is 9.24. The van der Waals surface area contributed by atoms with Gasteiger partial charge in [-0.1, -0.05) is 18.5 Å². The Morgan fingerprint density at radius 3 is 3.06 bits per heavy atom. The summed E-state index contributed by atoms with van der Waals surface area (Å²) in [7, 11) is 0. The summed E-state index contributed by atoms with van der Waals surface area (Å²) in [6.45, 7) is 2.49. The van der Waals surface area contributed by atoms with Crippen molar-refractivity contribution in [1.82, 2.24) is 4.98 Å². The fourth-order valence-electron chi connectivity index (χ4n) is 1.30. The zero-order valence-corrected chi connectivity index (χ0v) is 10.00. The summed E-state index contributed by atoms with van der Waals surface area (Å²) in [4.78, 5) is 15.6. The number of rotatable bonds is 5. The van der Waals surface area contributed by atoms with Gasteiger partial charge in [0, 0.05) is 17.8 Å². The van der Waals surface area contributed by atoms with E-state index in [-0.39, 0.29) is 11.8 Å². The number of hydrogen-bond acceptors (Lipinski definition) is 3. The van der Waals surface area contributed by atoms with Gasteiger partial charge in [0.05, 0.1) is 0 Å². The van der Waals surface area contributed by atoms with E-state index < -0.39 is 0 Å². The standard InChI is InChI=1S/C11H16ClN3O/c1-8(3-2-5-13)11(16)15-9-4-6-14-10(12)7-9/h4,6-8H,2-3,5,13H2,1H3,(H,14,15,16). The third-order valence-electron chi connectivity index (χ3n) is 2.28. The van der Waals surface area contributed by atoms with Crippen molar-refractivity contribution >= 4 is 23.2 Å². The van der Waals surface area contributed by atoms with Crippen LogP contribution in [0.4, 0.5) is 5.69 Å². The largest absolute Gasteiger partial charge is 0.330 e. The van der Waals surface area contributed by atoms with E-state index >= 15 is 0 Å². The van der Waals surface area contributed by atoms with Crippen LogP contribution < -0.4 is 11.1 Å². The van der Waals surface area contributed by atoms with Crippen LogP contribution in [0, 0.1) is 5.92 Å². The molecule has 0 radical (unpaired) electrons. The van der Waals surface area contributed by atoms with Crippen molar-refractivity contribution in [3.05, 3.63) is 23.5 Å². The molecule has 0 aliphatic heterocycles. The van der Waals surface area contributed by atoms with E-state index in [1.54, 1.807) is 18.3 Å². The molecule has 1 atom stereocenters. The molecular formula is C11H16ClN3O. The van der Waals surface area contributed by atoms with Gasteiger partial charge in [-0.15, -0.1) is 0 Å². The molecule has 1 amide bonds. The lowest BCUT2D eigenvalue weighted by Gasteiger charge is -2.11. The Morgan fingerprint density at radius 2 is 2.44 bits per heavy atom. The van der Waals surface area contributed by atoms with E-state index in [9.17, 15) is 4.79 Å². The molecule has 0 aliphatic rings. The van der Waals surface area contributed by atoms with E-state index in [2.05, 4.69) is 10.3 Å². The first kappa shape index (κ1) is 12.9. The van der Waals surface area contributed by atoms with Crippen LogP contribution in [0.3, 0.4) is 0 Å². The normalized spacial score (nSPS) is 12.2. The Kier molecular flexibility index (Phi) is 5.22. The second kappa shape index (κ2) is 6.45. The predicted octanol–water partition coefficient (Wildman–Crippen LogP) is 2.05. The van der Waals surface area contributed by atoms with Crippen LogP contribution in [0.2, 0.25) is 5.15 Å². The maximum Gasteiger partial charge on any atom is 0.227 e. The highest BCUT2D eigenvalue weighted by molar-refractivity contribution is 6.29. The molecule has 0 spiro atoms. The van der Waals surface area contributed by atoms with Gasteiger partial charge in [-0.25, -0.2) is 4.98 Å². The maximum absolute atomic E-state index is 11.7. The minimum absolute atomic E-state index is 0.0179. The molecule has 1 aromatic rings. The van der Waals surface area contributed by atoms with Crippen LogP contribution in [0.1, 0.15) is 19.8 Å². The number of carbonyl (C=O) groups excluding carboxylic acids is 1. The average Bonchev–Trinajstić information content (AvgIpc) is 2.25. The second-order valence-electron chi connectivity index (χ2n) is 3.69. The molecule has 0 aliphatic carbocycles. The van der Waals surface area contributed by atoms with Gasteiger partial charge in [0.1, 0.15) is 5.15 Å². The van der Waals surface area contributed by atoms with Crippen molar-refractivity contribution in [2.45, 2.75) is 19.8 Å². The van der Waals surface area contributed by atoms with Crippen LogP contribution >= 0.6 is 11.6 Å². The SMILES string of the molecule is CC(CCCN)C(=O)Nc1ccnc(Cl)c1. The average molecular weight is 242 g/mol. The maximum atomic E-state index is 11.7. The quantitative estimate of drug-likeness (QED) is 0.776. The Hall–Kier alpha value is -1.13. The third-order valence-corrected chi connectivity index (χ3v) is 2.49. The molecule has 0 aromatic carbocycles. The highest BCUT2D eigenvalue weighted by Crippen LogP contribution is 2.14. The van der Waals surface area contributed by atoms with Crippen molar-refractivity contribution in [3.8, 4) is 0 Å². The monoisotopic (exact) mass is 241 g/mol. The molecule has 1 aromatic heterocycles. The smallest absolute Gasteiger partial charge is 0.227 e. The van der Waals surface area contributed by atoms with Gasteiger partial charge in [0.25, 0.3) is 0 Å². The van der Waals surface area contributed by atoms with Gasteiger partial charge >= 0.3 is 0 Å². The van der Waals surface area contributed by atoms with E-state index in [0.717, 1.165) is 12.8 Å². The number of nitrogens with one attached hydrogen (secondary N) is 1. The van der Waals surface area contributed by atoms with Gasteiger partial charge < -0.3 is 11.1 Å². The highest BCUT2D eigenvalue weighted by atomic mass is 35.5. The summed E-state index contributed by atoms with van der Waals surface area (Å²) in [5, 5.41) is 3.16. The summed E-state index contributed by atoms with van der Waals surface area (Å²) >= 11 is 5.71. The molecule has 0 saturated carbocycles. The lowest BCUT2D eigenvalue weighted by Crippen LogP contribution is -2.21. The van der Waals surface area contributed by atoms with E-state index in [0.29, 0.717) is 17.4 Å². The van der Waals surface area contributed by atoms with Gasteiger partial charge in [-0.2, -0.15) is 0 Å². The lowest BCUT2D eigenvalue weighted by molar-refractivity contribution is -0.119. The van der Waals surface area contributed by atoms with E-state index in [4.69, 9.17) is 17.3 Å². The van der Waals surface area contributed by atoms with Crippen LogP contribution in [0.5, 0.6) is 0 Å². The molecular weight excluding hydrogens is 226 g/mol. The minimum atomic E-state index is -0.0458. The number of halogens is 1. The van der Waals surface area contributed by atoms with Crippen LogP contribution in [-0.2, 0) is 4.79 Å². The Labute approximate surface area is 100 Å². The summed E-state index contributed by atoms with van der Waals surface area (Å²) in [5.41, 5.74) is 6.06.